The van der Waals surface area contributed by atoms with Crippen LogP contribution in [-0.4, -0.2) is 26.9 Å². The van der Waals surface area contributed by atoms with E-state index >= 15 is 0 Å². The quantitative estimate of drug-likeness (QED) is 0.560. The lowest BCUT2D eigenvalue weighted by Crippen LogP contribution is -2.40. The van der Waals surface area contributed by atoms with E-state index in [0.717, 1.165) is 5.56 Å². The molecule has 1 rings (SSSR count). The van der Waals surface area contributed by atoms with Crippen molar-refractivity contribution in [1.82, 2.24) is 5.43 Å². The highest BCUT2D eigenvalue weighted by Gasteiger charge is 2.09. The highest BCUT2D eigenvalue weighted by atomic mass is 19.1. The second-order valence-corrected chi connectivity index (χ2v) is 3.49. The molecule has 4 nitrogen and oxygen atoms in total. The molecule has 1 aromatic rings. The van der Waals surface area contributed by atoms with Gasteiger partial charge >= 0.3 is 0 Å². The zero-order valence-electron chi connectivity index (χ0n) is 9.50. The number of rotatable bonds is 6. The predicted molar refractivity (Wildman–Crippen MR) is 59.6 cm³/mol. The molecule has 0 aliphatic heterocycles. The molecule has 0 aromatic heterocycles. The van der Waals surface area contributed by atoms with Gasteiger partial charge in [0.05, 0.1) is 13.7 Å². The van der Waals surface area contributed by atoms with Crippen LogP contribution in [0, 0.1) is 5.82 Å². The first-order chi connectivity index (χ1) is 7.71. The Morgan fingerprint density at radius 3 is 2.69 bits per heavy atom. The van der Waals surface area contributed by atoms with Crippen molar-refractivity contribution in [2.24, 2.45) is 5.84 Å². The minimum Gasteiger partial charge on any atom is -0.494 e. The smallest absolute Gasteiger partial charge is 0.165 e. The molecule has 16 heavy (non-hydrogen) atoms. The molecule has 0 spiro atoms. The van der Waals surface area contributed by atoms with Gasteiger partial charge in [-0.15, -0.1) is 0 Å². The Morgan fingerprint density at radius 2 is 2.19 bits per heavy atom. The summed E-state index contributed by atoms with van der Waals surface area (Å²) in [4.78, 5) is 0. The number of hydrogen-bond donors (Lipinski definition) is 2. The van der Waals surface area contributed by atoms with Gasteiger partial charge in [-0.2, -0.15) is 0 Å². The molecule has 1 atom stereocenters. The molecule has 90 valence electrons. The minimum absolute atomic E-state index is 0.0298. The molecule has 0 fully saturated rings. The van der Waals surface area contributed by atoms with Gasteiger partial charge in [-0.1, -0.05) is 6.07 Å². The number of hydrazine groups is 1. The zero-order valence-corrected chi connectivity index (χ0v) is 9.50. The third kappa shape index (κ3) is 3.44. The van der Waals surface area contributed by atoms with Crippen molar-refractivity contribution in [2.75, 3.05) is 20.8 Å². The van der Waals surface area contributed by atoms with E-state index in [1.165, 1.54) is 13.2 Å². The number of ether oxygens (including phenoxy) is 2. The van der Waals surface area contributed by atoms with Crippen molar-refractivity contribution < 1.29 is 13.9 Å². The van der Waals surface area contributed by atoms with Crippen LogP contribution in [0.4, 0.5) is 4.39 Å². The molecule has 0 aliphatic carbocycles. The van der Waals surface area contributed by atoms with Gasteiger partial charge in [-0.25, -0.2) is 4.39 Å². The number of methoxy groups -OCH3 is 2. The second kappa shape index (κ2) is 6.42. The van der Waals surface area contributed by atoms with Crippen LogP contribution in [0.25, 0.3) is 0 Å². The van der Waals surface area contributed by atoms with Crippen molar-refractivity contribution in [3.05, 3.63) is 29.6 Å². The number of benzene rings is 1. The molecule has 5 heteroatoms. The van der Waals surface area contributed by atoms with Crippen LogP contribution < -0.4 is 16.0 Å². The number of nitrogens with two attached hydrogens (primary N) is 1. The molecule has 1 aromatic carbocycles. The standard InChI is InChI=1S/C11H17FN2O2/c1-15-7-9(14-13)5-8-3-4-11(16-2)10(12)6-8/h3-4,6,9,14H,5,7,13H2,1-2H3. The Labute approximate surface area is 94.5 Å². The SMILES string of the molecule is COCC(Cc1ccc(OC)c(F)c1)NN. The fourth-order valence-corrected chi connectivity index (χ4v) is 1.49. The first kappa shape index (κ1) is 12.9. The Hall–Kier alpha value is -1.17. The molecule has 1 unspecified atom stereocenters. The monoisotopic (exact) mass is 228 g/mol. The van der Waals surface area contributed by atoms with Crippen LogP contribution in [0.3, 0.4) is 0 Å². The summed E-state index contributed by atoms with van der Waals surface area (Å²) in [5, 5.41) is 0. The van der Waals surface area contributed by atoms with E-state index in [2.05, 4.69) is 5.43 Å². The summed E-state index contributed by atoms with van der Waals surface area (Å²) in [7, 11) is 3.03. The van der Waals surface area contributed by atoms with E-state index in [0.29, 0.717) is 13.0 Å². The first-order valence-corrected chi connectivity index (χ1v) is 4.98. The van der Waals surface area contributed by atoms with Gasteiger partial charge < -0.3 is 9.47 Å². The third-order valence-electron chi connectivity index (χ3n) is 2.30. The van der Waals surface area contributed by atoms with Crippen molar-refractivity contribution >= 4 is 0 Å². The normalized spacial score (nSPS) is 12.5. The van der Waals surface area contributed by atoms with Crippen LogP contribution in [0.2, 0.25) is 0 Å². The average molecular weight is 228 g/mol. The fraction of sp³-hybridized carbons (Fsp3) is 0.455. The van der Waals surface area contributed by atoms with Gasteiger partial charge in [0.1, 0.15) is 0 Å². The maximum Gasteiger partial charge on any atom is 0.165 e. The summed E-state index contributed by atoms with van der Waals surface area (Å²) < 4.78 is 23.2. The molecule has 0 amide bonds. The Bertz CT molecular complexity index is 334. The van der Waals surface area contributed by atoms with Crippen LogP contribution in [0.5, 0.6) is 5.75 Å². The number of halogens is 1. The maximum absolute atomic E-state index is 13.4. The lowest BCUT2D eigenvalue weighted by atomic mass is 10.1. The van der Waals surface area contributed by atoms with Gasteiger partial charge in [0.25, 0.3) is 0 Å². The predicted octanol–water partition coefficient (Wildman–Crippen LogP) is 0.855. The molecule has 0 aliphatic rings. The first-order valence-electron chi connectivity index (χ1n) is 4.98. The van der Waals surface area contributed by atoms with Gasteiger partial charge in [0.15, 0.2) is 11.6 Å². The molecule has 0 radical (unpaired) electrons. The van der Waals surface area contributed by atoms with Crippen molar-refractivity contribution in [3.63, 3.8) is 0 Å². The number of hydrogen-bond acceptors (Lipinski definition) is 4. The summed E-state index contributed by atoms with van der Waals surface area (Å²) in [6, 6.07) is 4.82. The van der Waals surface area contributed by atoms with Crippen molar-refractivity contribution in [1.29, 1.82) is 0 Å². The molecular weight excluding hydrogens is 211 g/mol. The van der Waals surface area contributed by atoms with Gasteiger partial charge in [0, 0.05) is 13.2 Å². The summed E-state index contributed by atoms with van der Waals surface area (Å²) in [5.41, 5.74) is 3.47. The molecule has 0 saturated heterocycles. The highest BCUT2D eigenvalue weighted by molar-refractivity contribution is 5.29. The van der Waals surface area contributed by atoms with Crippen molar-refractivity contribution in [2.45, 2.75) is 12.5 Å². The van der Waals surface area contributed by atoms with Gasteiger partial charge in [-0.05, 0) is 24.1 Å². The van der Waals surface area contributed by atoms with Crippen LogP contribution in [0.15, 0.2) is 18.2 Å². The van der Waals surface area contributed by atoms with E-state index in [9.17, 15) is 4.39 Å². The van der Waals surface area contributed by atoms with Crippen LogP contribution >= 0.6 is 0 Å². The number of nitrogens with one attached hydrogen (secondary N) is 1. The molecule has 0 saturated carbocycles. The summed E-state index contributed by atoms with van der Waals surface area (Å²) in [6.07, 6.45) is 0.602. The summed E-state index contributed by atoms with van der Waals surface area (Å²) in [6.45, 7) is 0.476. The molecular formula is C11H17FN2O2. The molecule has 0 heterocycles. The average Bonchev–Trinajstić information content (AvgIpc) is 2.28. The zero-order chi connectivity index (χ0) is 12.0. The van der Waals surface area contributed by atoms with Crippen LogP contribution in [-0.2, 0) is 11.2 Å². The van der Waals surface area contributed by atoms with E-state index in [1.807, 2.05) is 6.07 Å². The Morgan fingerprint density at radius 1 is 1.44 bits per heavy atom. The summed E-state index contributed by atoms with van der Waals surface area (Å²) in [5.74, 6) is 5.23. The molecule has 0 bridgehead atoms. The van der Waals surface area contributed by atoms with Gasteiger partial charge in [-0.3, -0.25) is 11.3 Å². The minimum atomic E-state index is -0.367. The summed E-state index contributed by atoms with van der Waals surface area (Å²) >= 11 is 0. The fourth-order valence-electron chi connectivity index (χ4n) is 1.49. The molecule has 3 N–H and O–H groups in total. The van der Waals surface area contributed by atoms with Gasteiger partial charge in [0.2, 0.25) is 0 Å². The Kier molecular flexibility index (Phi) is 5.18. The van der Waals surface area contributed by atoms with E-state index in [4.69, 9.17) is 15.3 Å². The largest absolute Gasteiger partial charge is 0.494 e. The highest BCUT2D eigenvalue weighted by Crippen LogP contribution is 2.18. The second-order valence-electron chi connectivity index (χ2n) is 3.49. The van der Waals surface area contributed by atoms with E-state index in [1.54, 1.807) is 13.2 Å². The maximum atomic E-state index is 13.4. The topological polar surface area (TPSA) is 56.5 Å². The van der Waals surface area contributed by atoms with Crippen molar-refractivity contribution in [3.8, 4) is 5.75 Å². The van der Waals surface area contributed by atoms with E-state index in [-0.39, 0.29) is 17.6 Å². The van der Waals surface area contributed by atoms with Crippen LogP contribution in [0.1, 0.15) is 5.56 Å². The lowest BCUT2D eigenvalue weighted by Gasteiger charge is -2.15. The lowest BCUT2D eigenvalue weighted by molar-refractivity contribution is 0.166. The van der Waals surface area contributed by atoms with E-state index < -0.39 is 0 Å². The third-order valence-corrected chi connectivity index (χ3v) is 2.30. The Balaban J connectivity index is 2.69.